The van der Waals surface area contributed by atoms with Crippen LogP contribution in [-0.4, -0.2) is 10.8 Å². The predicted molar refractivity (Wildman–Crippen MR) is 42.5 cm³/mol. The monoisotopic (exact) mass is 150 g/mol. The van der Waals surface area contributed by atoms with E-state index in [1.54, 1.807) is 6.20 Å². The molecule has 0 amide bonds. The number of Topliss-reactive ketones (excluding diaryl/α,β-unsaturated/α-hetero) is 1. The van der Waals surface area contributed by atoms with Crippen molar-refractivity contribution < 1.29 is 4.79 Å². The Balaban J connectivity index is 2.56. The number of H-pyrrole nitrogens is 1. The molecular weight excluding hydrogens is 140 g/mol. The molecule has 1 aliphatic rings. The number of nitrogen functional groups attached to an aromatic ring is 1. The summed E-state index contributed by atoms with van der Waals surface area (Å²) in [6.45, 7) is 0. The lowest BCUT2D eigenvalue weighted by atomic mass is 9.96. The summed E-state index contributed by atoms with van der Waals surface area (Å²) in [5, 5.41) is 0. The van der Waals surface area contributed by atoms with Crippen molar-refractivity contribution in [2.75, 3.05) is 5.73 Å². The maximum absolute atomic E-state index is 11.3. The normalized spacial score (nSPS) is 16.5. The second kappa shape index (κ2) is 2.12. The van der Waals surface area contributed by atoms with E-state index in [1.165, 1.54) is 0 Å². The molecule has 0 atom stereocenters. The average molecular weight is 150 g/mol. The van der Waals surface area contributed by atoms with Crippen molar-refractivity contribution in [1.29, 1.82) is 0 Å². The third-order valence-electron chi connectivity index (χ3n) is 2.10. The Bertz CT molecular complexity index is 301. The summed E-state index contributed by atoms with van der Waals surface area (Å²) in [6, 6.07) is 0. The zero-order chi connectivity index (χ0) is 7.84. The molecule has 0 radical (unpaired) electrons. The number of carbonyl (C=O) groups excluding carboxylic acids is 1. The Morgan fingerprint density at radius 2 is 2.27 bits per heavy atom. The van der Waals surface area contributed by atoms with E-state index in [-0.39, 0.29) is 5.78 Å². The van der Waals surface area contributed by atoms with Gasteiger partial charge in [0.25, 0.3) is 0 Å². The minimum Gasteiger partial charge on any atom is -0.397 e. The molecule has 3 nitrogen and oxygen atoms in total. The van der Waals surface area contributed by atoms with Gasteiger partial charge in [0.1, 0.15) is 0 Å². The van der Waals surface area contributed by atoms with Crippen LogP contribution in [0.1, 0.15) is 28.9 Å². The van der Waals surface area contributed by atoms with E-state index in [0.717, 1.165) is 24.1 Å². The van der Waals surface area contributed by atoms with Crippen molar-refractivity contribution in [2.24, 2.45) is 0 Å². The van der Waals surface area contributed by atoms with Crippen LogP contribution in [0.3, 0.4) is 0 Å². The number of aryl methyl sites for hydroxylation is 1. The Morgan fingerprint density at radius 1 is 1.45 bits per heavy atom. The maximum atomic E-state index is 11.3. The van der Waals surface area contributed by atoms with Gasteiger partial charge in [-0.2, -0.15) is 0 Å². The summed E-state index contributed by atoms with van der Waals surface area (Å²) in [7, 11) is 0. The second-order valence-corrected chi connectivity index (χ2v) is 2.87. The molecule has 2 rings (SSSR count). The molecule has 0 bridgehead atoms. The lowest BCUT2D eigenvalue weighted by Crippen LogP contribution is -2.10. The molecule has 0 unspecified atom stereocenters. The van der Waals surface area contributed by atoms with Crippen LogP contribution in [0, 0.1) is 0 Å². The van der Waals surface area contributed by atoms with E-state index in [9.17, 15) is 4.79 Å². The fraction of sp³-hybridized carbons (Fsp3) is 0.375. The standard InChI is InChI=1S/C8H10N2O/c9-5-4-10-6-2-1-3-7(11)8(5)6/h4,10H,1-3,9H2. The SMILES string of the molecule is Nc1c[nH]c2c1C(=O)CCC2. The van der Waals surface area contributed by atoms with Gasteiger partial charge in [-0.05, 0) is 12.8 Å². The van der Waals surface area contributed by atoms with Gasteiger partial charge in [-0.3, -0.25) is 4.79 Å². The molecular formula is C8H10N2O. The zero-order valence-electron chi connectivity index (χ0n) is 6.18. The van der Waals surface area contributed by atoms with E-state index in [4.69, 9.17) is 5.73 Å². The Labute approximate surface area is 64.6 Å². The van der Waals surface area contributed by atoms with Crippen molar-refractivity contribution in [3.8, 4) is 0 Å². The molecule has 0 saturated carbocycles. The van der Waals surface area contributed by atoms with Gasteiger partial charge < -0.3 is 10.7 Å². The highest BCUT2D eigenvalue weighted by molar-refractivity contribution is 6.02. The largest absolute Gasteiger partial charge is 0.397 e. The van der Waals surface area contributed by atoms with E-state index < -0.39 is 0 Å². The number of carbonyl (C=O) groups is 1. The summed E-state index contributed by atoms with van der Waals surface area (Å²) in [6.07, 6.45) is 4.26. The minimum absolute atomic E-state index is 0.185. The number of ketones is 1. The van der Waals surface area contributed by atoms with E-state index >= 15 is 0 Å². The summed E-state index contributed by atoms with van der Waals surface area (Å²) in [4.78, 5) is 14.3. The maximum Gasteiger partial charge on any atom is 0.166 e. The van der Waals surface area contributed by atoms with Crippen LogP contribution in [0.25, 0.3) is 0 Å². The first-order valence-electron chi connectivity index (χ1n) is 3.78. The van der Waals surface area contributed by atoms with E-state index in [2.05, 4.69) is 4.98 Å². The highest BCUT2D eigenvalue weighted by Crippen LogP contribution is 2.24. The molecule has 3 N–H and O–H groups in total. The van der Waals surface area contributed by atoms with Gasteiger partial charge in [0.2, 0.25) is 0 Å². The topological polar surface area (TPSA) is 58.9 Å². The number of aromatic nitrogens is 1. The molecule has 11 heavy (non-hydrogen) atoms. The van der Waals surface area contributed by atoms with Gasteiger partial charge in [0.15, 0.2) is 5.78 Å². The lowest BCUT2D eigenvalue weighted by molar-refractivity contribution is 0.0973. The number of hydrogen-bond donors (Lipinski definition) is 2. The number of anilines is 1. The highest BCUT2D eigenvalue weighted by Gasteiger charge is 2.20. The Hall–Kier alpha value is -1.25. The van der Waals surface area contributed by atoms with Crippen molar-refractivity contribution >= 4 is 11.5 Å². The van der Waals surface area contributed by atoms with Gasteiger partial charge in [-0.1, -0.05) is 0 Å². The number of aromatic amines is 1. The van der Waals surface area contributed by atoms with Crippen molar-refractivity contribution in [3.05, 3.63) is 17.5 Å². The van der Waals surface area contributed by atoms with Crippen molar-refractivity contribution in [3.63, 3.8) is 0 Å². The minimum atomic E-state index is 0.185. The van der Waals surface area contributed by atoms with Gasteiger partial charge >= 0.3 is 0 Å². The highest BCUT2D eigenvalue weighted by atomic mass is 16.1. The molecule has 1 heterocycles. The third-order valence-corrected chi connectivity index (χ3v) is 2.10. The van der Waals surface area contributed by atoms with Crippen LogP contribution in [0.15, 0.2) is 6.20 Å². The van der Waals surface area contributed by atoms with Gasteiger partial charge in [-0.15, -0.1) is 0 Å². The first-order chi connectivity index (χ1) is 5.29. The second-order valence-electron chi connectivity index (χ2n) is 2.87. The first-order valence-corrected chi connectivity index (χ1v) is 3.78. The fourth-order valence-corrected chi connectivity index (χ4v) is 1.56. The number of fused-ring (bicyclic) bond motifs is 1. The van der Waals surface area contributed by atoms with Crippen LogP contribution in [0.5, 0.6) is 0 Å². The van der Waals surface area contributed by atoms with Crippen LogP contribution in [0.2, 0.25) is 0 Å². The van der Waals surface area contributed by atoms with E-state index in [1.807, 2.05) is 0 Å². The molecule has 1 aliphatic carbocycles. The number of hydrogen-bond acceptors (Lipinski definition) is 2. The predicted octanol–water partition coefficient (Wildman–Crippen LogP) is 1.12. The zero-order valence-corrected chi connectivity index (χ0v) is 6.18. The molecule has 1 aromatic heterocycles. The van der Waals surface area contributed by atoms with Crippen LogP contribution in [-0.2, 0) is 6.42 Å². The molecule has 1 aromatic rings. The fourth-order valence-electron chi connectivity index (χ4n) is 1.56. The summed E-state index contributed by atoms with van der Waals surface area (Å²) < 4.78 is 0. The molecule has 0 saturated heterocycles. The van der Waals surface area contributed by atoms with Crippen LogP contribution < -0.4 is 5.73 Å². The van der Waals surface area contributed by atoms with Gasteiger partial charge in [0, 0.05) is 18.3 Å². The molecule has 0 spiro atoms. The van der Waals surface area contributed by atoms with Crippen LogP contribution in [0.4, 0.5) is 5.69 Å². The Morgan fingerprint density at radius 3 is 3.00 bits per heavy atom. The smallest absolute Gasteiger partial charge is 0.166 e. The molecule has 3 heteroatoms. The number of rotatable bonds is 0. The van der Waals surface area contributed by atoms with Gasteiger partial charge in [-0.25, -0.2) is 0 Å². The number of nitrogens with two attached hydrogens (primary N) is 1. The first kappa shape index (κ1) is 6.46. The molecule has 0 aromatic carbocycles. The average Bonchev–Trinajstić information content (AvgIpc) is 2.34. The molecule has 58 valence electrons. The summed E-state index contributed by atoms with van der Waals surface area (Å²) in [5.41, 5.74) is 7.95. The quantitative estimate of drug-likeness (QED) is 0.582. The number of nitrogens with one attached hydrogen (secondary N) is 1. The third kappa shape index (κ3) is 0.843. The summed E-state index contributed by atoms with van der Waals surface area (Å²) >= 11 is 0. The van der Waals surface area contributed by atoms with Crippen molar-refractivity contribution in [1.82, 2.24) is 4.98 Å². The Kier molecular flexibility index (Phi) is 1.24. The molecule has 0 aliphatic heterocycles. The van der Waals surface area contributed by atoms with Crippen LogP contribution >= 0.6 is 0 Å². The summed E-state index contributed by atoms with van der Waals surface area (Å²) in [5.74, 6) is 0.185. The lowest BCUT2D eigenvalue weighted by Gasteiger charge is -2.09. The van der Waals surface area contributed by atoms with E-state index in [0.29, 0.717) is 12.1 Å². The van der Waals surface area contributed by atoms with Crippen molar-refractivity contribution in [2.45, 2.75) is 19.3 Å². The molecule has 0 fully saturated rings. The van der Waals surface area contributed by atoms with Gasteiger partial charge in [0.05, 0.1) is 11.3 Å².